The Morgan fingerprint density at radius 3 is 2.50 bits per heavy atom. The summed E-state index contributed by atoms with van der Waals surface area (Å²) < 4.78 is 28.8. The molecule has 0 aliphatic carbocycles. The molecule has 52 heavy (non-hydrogen) atoms. The number of hydrazine groups is 1. The maximum atomic E-state index is 13.2. The molecule has 0 spiro atoms. The number of nitrogens with one attached hydrogen (secondary N) is 1. The molecule has 12 nitrogen and oxygen atoms in total. The molecule has 3 aliphatic rings. The molecule has 4 rings (SSSR count). The Morgan fingerprint density at radius 1 is 1.15 bits per heavy atom. The molecule has 3 heterocycles. The third-order valence-corrected chi connectivity index (χ3v) is 10.9. The highest BCUT2D eigenvalue weighted by Crippen LogP contribution is 2.50. The largest absolute Gasteiger partial charge is 0.352 e. The lowest BCUT2D eigenvalue weighted by atomic mass is 9.78. The fraction of sp³-hybridized carbons (Fsp3) is 0.378. The van der Waals surface area contributed by atoms with E-state index in [0.29, 0.717) is 65.5 Å². The zero-order chi connectivity index (χ0) is 38.1. The van der Waals surface area contributed by atoms with Crippen LogP contribution in [-0.4, -0.2) is 86.1 Å². The van der Waals surface area contributed by atoms with Crippen LogP contribution < -0.4 is 16.2 Å². The monoisotopic (exact) mass is 768 g/mol. The molecule has 2 atom stereocenters. The first kappa shape index (κ1) is 41.2. The summed E-state index contributed by atoms with van der Waals surface area (Å²) >= 11 is 2.25. The fourth-order valence-electron chi connectivity index (χ4n) is 6.57. The topological polar surface area (TPSA) is 164 Å². The molecule has 2 amide bonds. The molecule has 0 bridgehead atoms. The van der Waals surface area contributed by atoms with Crippen molar-refractivity contribution in [3.05, 3.63) is 108 Å². The standard InChI is InChI=1S/C37H48N6O6S3/c1-7-11-25(34(44)40-38)16-17-37(4)28-23-27(52-48)14-15-30(28)43(19-10-21-51-47)32(37)13-8-12-31-36(2,3)29-22-26(35(45)41(5)49-6)24-42(33(29)39-31)18-9-20-50-46/h7-8,11-17,22-24,33,46-48H,1,9-10,18-21,38H2,2-6H3,(H,40,44)/b12-8+,17-16-,25-11+,32-13+. The molecule has 3 aliphatic heterocycles. The number of amides is 2. The van der Waals surface area contributed by atoms with Gasteiger partial charge < -0.3 is 23.5 Å². The van der Waals surface area contributed by atoms with Gasteiger partial charge in [-0.25, -0.2) is 10.9 Å². The van der Waals surface area contributed by atoms with Gasteiger partial charge in [-0.1, -0.05) is 50.8 Å². The minimum atomic E-state index is -0.759. The summed E-state index contributed by atoms with van der Waals surface area (Å²) in [4.78, 5) is 41.0. The van der Waals surface area contributed by atoms with Crippen LogP contribution in [0.25, 0.3) is 0 Å². The van der Waals surface area contributed by atoms with Crippen molar-refractivity contribution in [2.45, 2.75) is 50.1 Å². The second-order valence-corrected chi connectivity index (χ2v) is 15.0. The molecule has 2 unspecified atom stereocenters. The van der Waals surface area contributed by atoms with Crippen LogP contribution in [-0.2, 0) is 19.8 Å². The van der Waals surface area contributed by atoms with E-state index in [-0.39, 0.29) is 12.1 Å². The SMILES string of the molecule is C=C/C=C(\C=C/C1(C)/C(=C\C=C\C2=NC3C(=CC(C(=O)N(C)OC)=CN3CCCSO)C2(C)C)N(CCCSO)c2ccc(SO)cc21)C(=O)NN. The van der Waals surface area contributed by atoms with Crippen LogP contribution >= 0.6 is 36.1 Å². The Balaban J connectivity index is 1.81. The maximum absolute atomic E-state index is 13.2. The van der Waals surface area contributed by atoms with Crippen molar-refractivity contribution >= 4 is 59.3 Å². The van der Waals surface area contributed by atoms with Crippen molar-refractivity contribution < 1.29 is 28.1 Å². The van der Waals surface area contributed by atoms with E-state index < -0.39 is 16.7 Å². The number of hydrogen-bond donors (Lipinski definition) is 5. The van der Waals surface area contributed by atoms with E-state index in [0.717, 1.165) is 52.3 Å². The van der Waals surface area contributed by atoms with Crippen LogP contribution in [0.3, 0.4) is 0 Å². The average Bonchev–Trinajstić information content (AvgIpc) is 3.54. The zero-order valence-electron chi connectivity index (χ0n) is 30.1. The summed E-state index contributed by atoms with van der Waals surface area (Å²) in [5.41, 5.74) is 6.31. The normalized spacial score (nSPS) is 21.7. The summed E-state index contributed by atoms with van der Waals surface area (Å²) in [6, 6.07) is 5.78. The van der Waals surface area contributed by atoms with Gasteiger partial charge in [0.05, 0.1) is 18.1 Å². The summed E-state index contributed by atoms with van der Waals surface area (Å²) in [5.74, 6) is 5.83. The van der Waals surface area contributed by atoms with E-state index in [4.69, 9.17) is 15.7 Å². The lowest BCUT2D eigenvalue weighted by molar-refractivity contribution is -0.163. The van der Waals surface area contributed by atoms with Crippen molar-refractivity contribution in [1.82, 2.24) is 15.4 Å². The minimum Gasteiger partial charge on any atom is -0.352 e. The minimum absolute atomic E-state index is 0.273. The first-order chi connectivity index (χ1) is 24.9. The van der Waals surface area contributed by atoms with Crippen molar-refractivity contribution in [2.24, 2.45) is 16.3 Å². The van der Waals surface area contributed by atoms with E-state index >= 15 is 0 Å². The van der Waals surface area contributed by atoms with E-state index in [1.54, 1.807) is 19.2 Å². The van der Waals surface area contributed by atoms with Gasteiger partial charge in [-0.05, 0) is 91.4 Å². The summed E-state index contributed by atoms with van der Waals surface area (Å²) in [5, 5.41) is 1.19. The number of anilines is 1. The predicted octanol–water partition coefficient (Wildman–Crippen LogP) is 6.57. The highest BCUT2D eigenvalue weighted by molar-refractivity contribution is 7.94. The highest BCUT2D eigenvalue weighted by atomic mass is 32.2. The van der Waals surface area contributed by atoms with Gasteiger partial charge in [0.2, 0.25) is 0 Å². The predicted molar refractivity (Wildman–Crippen MR) is 214 cm³/mol. The molecule has 280 valence electrons. The molecule has 0 fully saturated rings. The van der Waals surface area contributed by atoms with Crippen molar-refractivity contribution in [3.8, 4) is 0 Å². The number of nitrogens with zero attached hydrogens (tertiary/aromatic N) is 4. The van der Waals surface area contributed by atoms with Crippen LogP contribution in [0.2, 0.25) is 0 Å². The Morgan fingerprint density at radius 2 is 1.87 bits per heavy atom. The number of nitrogens with two attached hydrogens (primary N) is 1. The molecular weight excluding hydrogens is 721 g/mol. The van der Waals surface area contributed by atoms with Gasteiger partial charge in [-0.15, -0.1) is 0 Å². The molecule has 1 aromatic rings. The smallest absolute Gasteiger partial charge is 0.278 e. The lowest BCUT2D eigenvalue weighted by Gasteiger charge is -2.34. The maximum Gasteiger partial charge on any atom is 0.278 e. The van der Waals surface area contributed by atoms with Crippen molar-refractivity contribution in [3.63, 3.8) is 0 Å². The second-order valence-electron chi connectivity index (χ2n) is 13.0. The molecule has 15 heteroatoms. The van der Waals surface area contributed by atoms with E-state index in [1.165, 1.54) is 18.2 Å². The van der Waals surface area contributed by atoms with Crippen LogP contribution in [0.4, 0.5) is 5.69 Å². The molecule has 6 N–H and O–H groups in total. The number of likely N-dealkylation sites (N-methyl/N-ethyl adjacent to an activating group) is 1. The van der Waals surface area contributed by atoms with Gasteiger partial charge in [-0.2, -0.15) is 0 Å². The number of aliphatic imine (C=N–C) groups is 1. The third kappa shape index (κ3) is 8.80. The van der Waals surface area contributed by atoms with E-state index in [1.807, 2.05) is 59.7 Å². The first-order valence-corrected chi connectivity index (χ1v) is 19.4. The molecule has 1 aromatic carbocycles. The van der Waals surface area contributed by atoms with Crippen LogP contribution in [0.15, 0.2) is 112 Å². The summed E-state index contributed by atoms with van der Waals surface area (Å²) in [6.07, 6.45) is 17.6. The van der Waals surface area contributed by atoms with Gasteiger partial charge in [0, 0.05) is 82.9 Å². The first-order valence-electron chi connectivity index (χ1n) is 16.7. The number of benzene rings is 1. The van der Waals surface area contributed by atoms with Crippen LogP contribution in [0, 0.1) is 5.41 Å². The number of fused-ring (bicyclic) bond motifs is 2. The molecule has 0 aromatic heterocycles. The molecule has 0 radical (unpaired) electrons. The number of rotatable bonds is 17. The van der Waals surface area contributed by atoms with Gasteiger partial charge >= 0.3 is 0 Å². The van der Waals surface area contributed by atoms with Gasteiger partial charge in [0.1, 0.15) is 6.17 Å². The van der Waals surface area contributed by atoms with Gasteiger partial charge in [0.25, 0.3) is 11.8 Å². The number of hydroxylamine groups is 2. The van der Waals surface area contributed by atoms with Crippen LogP contribution in [0.5, 0.6) is 0 Å². The highest BCUT2D eigenvalue weighted by Gasteiger charge is 2.44. The van der Waals surface area contributed by atoms with Crippen LogP contribution in [0.1, 0.15) is 39.2 Å². The number of carbonyl (C=O) groups excluding carboxylic acids is 2. The number of carbonyl (C=O) groups is 2. The van der Waals surface area contributed by atoms with Gasteiger partial charge in [0.15, 0.2) is 0 Å². The summed E-state index contributed by atoms with van der Waals surface area (Å²) in [6.45, 7) is 11.2. The van der Waals surface area contributed by atoms with Gasteiger partial charge in [-0.3, -0.25) is 24.8 Å². The zero-order valence-corrected chi connectivity index (χ0v) is 32.6. The summed E-state index contributed by atoms with van der Waals surface area (Å²) in [7, 11) is 3.02. The fourth-order valence-corrected chi connectivity index (χ4v) is 7.38. The van der Waals surface area contributed by atoms with Crippen molar-refractivity contribution in [1.29, 1.82) is 0 Å². The third-order valence-electron chi connectivity index (χ3n) is 9.45. The average molecular weight is 769 g/mol. The second kappa shape index (κ2) is 18.5. The Labute approximate surface area is 319 Å². The lowest BCUT2D eigenvalue weighted by Crippen LogP contribution is -2.38. The molecular formula is C37H48N6O6S3. The Hall–Kier alpha value is -3.54. The van der Waals surface area contributed by atoms with E-state index in [9.17, 15) is 23.2 Å². The quantitative estimate of drug-likeness (QED) is 0.0221. The molecule has 0 saturated carbocycles. The Bertz CT molecular complexity index is 1740. The molecule has 0 saturated heterocycles. The number of allylic oxidation sites excluding steroid dienone is 6. The Kier molecular flexibility index (Phi) is 14.6. The van der Waals surface area contributed by atoms with Crippen molar-refractivity contribution in [2.75, 3.05) is 43.7 Å². The van der Waals surface area contributed by atoms with E-state index in [2.05, 4.69) is 37.7 Å². The number of hydrogen-bond acceptors (Lipinski definition) is 13.